The molecule has 0 N–H and O–H groups in total. The number of nitrogens with zero attached hydrogens (tertiary/aromatic N) is 4. The second kappa shape index (κ2) is 8.28. The van der Waals surface area contributed by atoms with Gasteiger partial charge in [0.2, 0.25) is 0 Å². The van der Waals surface area contributed by atoms with Crippen LogP contribution in [0.5, 0.6) is 0 Å². The summed E-state index contributed by atoms with van der Waals surface area (Å²) >= 11 is 0. The Labute approximate surface area is 194 Å². The van der Waals surface area contributed by atoms with Crippen LogP contribution < -0.4 is 0 Å². The molecule has 7 heteroatoms. The lowest BCUT2D eigenvalue weighted by Crippen LogP contribution is -2.50. The summed E-state index contributed by atoms with van der Waals surface area (Å²) in [5.74, 6) is 1.39. The Balaban J connectivity index is 1.41. The highest BCUT2D eigenvalue weighted by molar-refractivity contribution is 5.70. The molecule has 172 valence electrons. The summed E-state index contributed by atoms with van der Waals surface area (Å²) in [5, 5.41) is 4.33. The third kappa shape index (κ3) is 4.49. The van der Waals surface area contributed by atoms with E-state index in [1.807, 2.05) is 49.9 Å². The number of hydrogen-bond acceptors (Lipinski definition) is 6. The lowest BCUT2D eigenvalue weighted by Gasteiger charge is -2.43. The van der Waals surface area contributed by atoms with Crippen molar-refractivity contribution in [1.29, 1.82) is 0 Å². The van der Waals surface area contributed by atoms with Gasteiger partial charge in [-0.15, -0.1) is 0 Å². The normalized spacial score (nSPS) is 21.2. The van der Waals surface area contributed by atoms with Crippen molar-refractivity contribution in [3.8, 4) is 11.6 Å². The van der Waals surface area contributed by atoms with E-state index >= 15 is 0 Å². The number of rotatable bonds is 6. The molecule has 5 rings (SSSR count). The number of pyridine rings is 1. The van der Waals surface area contributed by atoms with Crippen LogP contribution in [-0.4, -0.2) is 44.3 Å². The lowest BCUT2D eigenvalue weighted by atomic mass is 9.67. The van der Waals surface area contributed by atoms with Crippen LogP contribution in [0.2, 0.25) is 0 Å². The van der Waals surface area contributed by atoms with Gasteiger partial charge in [0.15, 0.2) is 5.82 Å². The number of amides is 1. The summed E-state index contributed by atoms with van der Waals surface area (Å²) in [6.45, 7) is 6.24. The van der Waals surface area contributed by atoms with Gasteiger partial charge < -0.3 is 14.2 Å². The first-order valence-electron chi connectivity index (χ1n) is 11.6. The summed E-state index contributed by atoms with van der Waals surface area (Å²) in [6.07, 6.45) is 5.27. The quantitative estimate of drug-likeness (QED) is 0.508. The van der Waals surface area contributed by atoms with Crippen molar-refractivity contribution in [3.05, 3.63) is 66.1 Å². The fourth-order valence-electron chi connectivity index (χ4n) is 4.64. The molecule has 1 amide bonds. The highest BCUT2D eigenvalue weighted by Crippen LogP contribution is 2.49. The summed E-state index contributed by atoms with van der Waals surface area (Å²) < 4.78 is 11.4. The Morgan fingerprint density at radius 2 is 1.91 bits per heavy atom. The average molecular weight is 447 g/mol. The van der Waals surface area contributed by atoms with E-state index < -0.39 is 5.60 Å². The fourth-order valence-corrected chi connectivity index (χ4v) is 4.64. The van der Waals surface area contributed by atoms with Gasteiger partial charge in [-0.25, -0.2) is 4.79 Å². The third-order valence-corrected chi connectivity index (χ3v) is 6.58. The molecule has 2 atom stereocenters. The Kier molecular flexibility index (Phi) is 5.43. The maximum Gasteiger partial charge on any atom is 0.410 e. The molecule has 2 heterocycles. The molecule has 0 saturated heterocycles. The minimum atomic E-state index is -0.558. The summed E-state index contributed by atoms with van der Waals surface area (Å²) in [5.41, 5.74) is 1.03. The van der Waals surface area contributed by atoms with Crippen molar-refractivity contribution in [3.63, 3.8) is 0 Å². The Hall–Kier alpha value is -3.22. The molecular weight excluding hydrogens is 416 g/mol. The van der Waals surface area contributed by atoms with Crippen molar-refractivity contribution in [2.75, 3.05) is 6.54 Å². The largest absolute Gasteiger partial charge is 0.444 e. The Morgan fingerprint density at radius 1 is 1.15 bits per heavy atom. The maximum absolute atomic E-state index is 13.3. The van der Waals surface area contributed by atoms with E-state index in [4.69, 9.17) is 14.2 Å². The van der Waals surface area contributed by atoms with Crippen molar-refractivity contribution >= 4 is 6.09 Å². The maximum atomic E-state index is 13.3. The van der Waals surface area contributed by atoms with Crippen molar-refractivity contribution in [2.24, 2.45) is 0 Å². The van der Waals surface area contributed by atoms with E-state index in [1.54, 1.807) is 6.20 Å². The molecule has 1 unspecified atom stereocenters. The van der Waals surface area contributed by atoms with Crippen LogP contribution in [0.1, 0.15) is 63.8 Å². The van der Waals surface area contributed by atoms with Crippen LogP contribution >= 0.6 is 0 Å². The minimum Gasteiger partial charge on any atom is -0.444 e. The first-order chi connectivity index (χ1) is 15.8. The molecule has 0 aliphatic heterocycles. The monoisotopic (exact) mass is 446 g/mol. The van der Waals surface area contributed by atoms with E-state index in [1.165, 1.54) is 5.56 Å². The molecule has 0 radical (unpaired) electrons. The molecule has 2 aliphatic carbocycles. The number of aromatic nitrogens is 3. The van der Waals surface area contributed by atoms with Crippen molar-refractivity contribution < 1.29 is 14.1 Å². The van der Waals surface area contributed by atoms with Crippen LogP contribution in [0.4, 0.5) is 4.79 Å². The van der Waals surface area contributed by atoms with Crippen LogP contribution in [0.15, 0.2) is 59.3 Å². The van der Waals surface area contributed by atoms with Gasteiger partial charge in [-0.1, -0.05) is 48.0 Å². The number of carbonyl (C=O) groups is 1. The van der Waals surface area contributed by atoms with Crippen LogP contribution in [-0.2, 0) is 10.2 Å². The molecular formula is C26H30N4O3. The second-order valence-corrected chi connectivity index (χ2v) is 10.2. The first kappa shape index (κ1) is 21.6. The lowest BCUT2D eigenvalue weighted by molar-refractivity contribution is 0.0123. The predicted molar refractivity (Wildman–Crippen MR) is 124 cm³/mol. The molecule has 2 fully saturated rings. The minimum absolute atomic E-state index is 0.113. The molecule has 2 saturated carbocycles. The van der Waals surface area contributed by atoms with E-state index in [-0.39, 0.29) is 17.6 Å². The van der Waals surface area contributed by atoms with E-state index in [0.717, 1.165) is 25.7 Å². The predicted octanol–water partition coefficient (Wildman–Crippen LogP) is 5.35. The smallest absolute Gasteiger partial charge is 0.410 e. The molecule has 0 bridgehead atoms. The average Bonchev–Trinajstić information content (AvgIpc) is 3.40. The fraction of sp³-hybridized carbons (Fsp3) is 0.462. The summed E-state index contributed by atoms with van der Waals surface area (Å²) in [4.78, 5) is 24.3. The zero-order valence-electron chi connectivity index (χ0n) is 19.4. The van der Waals surface area contributed by atoms with Crippen LogP contribution in [0.3, 0.4) is 0 Å². The van der Waals surface area contributed by atoms with Gasteiger partial charge in [0.1, 0.15) is 11.3 Å². The van der Waals surface area contributed by atoms with E-state index in [0.29, 0.717) is 29.9 Å². The zero-order valence-corrected chi connectivity index (χ0v) is 19.4. The second-order valence-electron chi connectivity index (χ2n) is 10.2. The van der Waals surface area contributed by atoms with Crippen LogP contribution in [0.25, 0.3) is 11.6 Å². The molecule has 2 aliphatic rings. The highest BCUT2D eigenvalue weighted by Gasteiger charge is 2.52. The molecule has 0 spiro atoms. The number of ether oxygens (including phenoxy) is 1. The zero-order chi connectivity index (χ0) is 23.1. The molecule has 33 heavy (non-hydrogen) atoms. The Bertz CT molecular complexity index is 1100. The highest BCUT2D eigenvalue weighted by atomic mass is 16.6. The first-order valence-corrected chi connectivity index (χ1v) is 11.6. The van der Waals surface area contributed by atoms with Crippen molar-refractivity contribution in [1.82, 2.24) is 20.0 Å². The topological polar surface area (TPSA) is 81.4 Å². The molecule has 7 nitrogen and oxygen atoms in total. The molecule has 3 aromatic rings. The van der Waals surface area contributed by atoms with Gasteiger partial charge in [0.05, 0.1) is 5.41 Å². The third-order valence-electron chi connectivity index (χ3n) is 6.58. The summed E-state index contributed by atoms with van der Waals surface area (Å²) in [7, 11) is 0. The van der Waals surface area contributed by atoms with Gasteiger partial charge in [0, 0.05) is 24.7 Å². The van der Waals surface area contributed by atoms with Gasteiger partial charge in [-0.3, -0.25) is 4.98 Å². The Morgan fingerprint density at radius 3 is 2.55 bits per heavy atom. The molecule has 2 aromatic heterocycles. The number of hydrogen-bond donors (Lipinski definition) is 0. The number of benzene rings is 1. The van der Waals surface area contributed by atoms with Gasteiger partial charge in [-0.2, -0.15) is 4.98 Å². The van der Waals surface area contributed by atoms with Crippen molar-refractivity contribution in [2.45, 2.75) is 69.4 Å². The van der Waals surface area contributed by atoms with Gasteiger partial charge >= 0.3 is 6.09 Å². The van der Waals surface area contributed by atoms with E-state index in [2.05, 4.69) is 34.4 Å². The van der Waals surface area contributed by atoms with Crippen LogP contribution in [0, 0.1) is 0 Å². The van der Waals surface area contributed by atoms with Gasteiger partial charge in [0.25, 0.3) is 5.89 Å². The van der Waals surface area contributed by atoms with E-state index in [9.17, 15) is 4.79 Å². The summed E-state index contributed by atoms with van der Waals surface area (Å²) in [6, 6.07) is 16.1. The standard InChI is InChI=1S/C26H30N4O3/c1-25(2,3)32-24(31)30(21-16-19(21)18-10-5-4-6-11-18)17-26(13-9-14-26)23-28-22(33-29-23)20-12-7-8-15-27-20/h4-8,10-12,15,19,21H,9,13-14,16-17H2,1-3H3/t19?,21-/m0/s1. The molecule has 1 aromatic carbocycles. The number of carbonyl (C=O) groups excluding carboxylic acids is 1. The van der Waals surface area contributed by atoms with Gasteiger partial charge in [-0.05, 0) is 57.7 Å². The SMILES string of the molecule is CC(C)(C)OC(=O)N(CC1(c2noc(-c3ccccn3)n2)CCC1)[C@H]1CC1c1ccccc1.